The summed E-state index contributed by atoms with van der Waals surface area (Å²) in [7, 11) is 1.46. The van der Waals surface area contributed by atoms with Gasteiger partial charge in [-0.1, -0.05) is 0 Å². The van der Waals surface area contributed by atoms with Crippen LogP contribution in [0.15, 0.2) is 47.8 Å². The average Bonchev–Trinajstić information content (AvgIpc) is 3.14. The van der Waals surface area contributed by atoms with E-state index in [2.05, 4.69) is 25.7 Å². The first-order valence-electron chi connectivity index (χ1n) is 9.44. The minimum atomic E-state index is -4.75. The summed E-state index contributed by atoms with van der Waals surface area (Å²) in [4.78, 5) is 28.1. The SMILES string of the molecule is COc1ccc(NC(C)=O)cc1NC(=O)Cc1csc(Nc2ccc(OC(F)(F)F)cc2)n1. The quantitative estimate of drug-likeness (QED) is 0.423. The number of hydrogen-bond acceptors (Lipinski definition) is 7. The van der Waals surface area contributed by atoms with Gasteiger partial charge in [0.2, 0.25) is 11.8 Å². The van der Waals surface area contributed by atoms with E-state index in [-0.39, 0.29) is 24.0 Å². The number of thiazole rings is 1. The molecule has 0 radical (unpaired) electrons. The first-order valence-corrected chi connectivity index (χ1v) is 10.3. The third kappa shape index (κ3) is 7.38. The summed E-state index contributed by atoms with van der Waals surface area (Å²) < 4.78 is 45.8. The van der Waals surface area contributed by atoms with Crippen molar-refractivity contribution < 1.29 is 32.2 Å². The zero-order valence-electron chi connectivity index (χ0n) is 17.4. The average molecular weight is 480 g/mol. The van der Waals surface area contributed by atoms with E-state index in [9.17, 15) is 22.8 Å². The van der Waals surface area contributed by atoms with Gasteiger partial charge in [0.15, 0.2) is 5.13 Å². The van der Waals surface area contributed by atoms with E-state index in [1.807, 2.05) is 0 Å². The van der Waals surface area contributed by atoms with Crippen molar-refractivity contribution in [3.63, 3.8) is 0 Å². The third-order valence-electron chi connectivity index (χ3n) is 4.03. The van der Waals surface area contributed by atoms with Crippen LogP contribution in [0.4, 0.5) is 35.4 Å². The van der Waals surface area contributed by atoms with Gasteiger partial charge in [-0.25, -0.2) is 4.98 Å². The molecule has 0 spiro atoms. The summed E-state index contributed by atoms with van der Waals surface area (Å²) in [5, 5.41) is 10.5. The fourth-order valence-corrected chi connectivity index (χ4v) is 3.49. The van der Waals surface area contributed by atoms with Crippen LogP contribution in [-0.2, 0) is 16.0 Å². The Morgan fingerprint density at radius 2 is 1.76 bits per heavy atom. The second kappa shape index (κ2) is 10.2. The van der Waals surface area contributed by atoms with E-state index in [4.69, 9.17) is 4.74 Å². The lowest BCUT2D eigenvalue weighted by Gasteiger charge is -2.12. The Bertz CT molecular complexity index is 1130. The number of hydrogen-bond donors (Lipinski definition) is 3. The number of nitrogens with one attached hydrogen (secondary N) is 3. The number of methoxy groups -OCH3 is 1. The van der Waals surface area contributed by atoms with Gasteiger partial charge >= 0.3 is 6.36 Å². The van der Waals surface area contributed by atoms with Gasteiger partial charge in [0, 0.05) is 23.7 Å². The molecule has 0 fully saturated rings. The highest BCUT2D eigenvalue weighted by Crippen LogP contribution is 2.29. The zero-order chi connectivity index (χ0) is 24.0. The van der Waals surface area contributed by atoms with E-state index in [1.54, 1.807) is 23.6 Å². The number of anilines is 4. The van der Waals surface area contributed by atoms with Crippen LogP contribution >= 0.6 is 11.3 Å². The number of rotatable bonds is 8. The monoisotopic (exact) mass is 480 g/mol. The Morgan fingerprint density at radius 1 is 1.06 bits per heavy atom. The Morgan fingerprint density at radius 3 is 2.39 bits per heavy atom. The number of ether oxygens (including phenoxy) is 2. The maximum Gasteiger partial charge on any atom is 0.573 e. The molecule has 12 heteroatoms. The molecule has 3 N–H and O–H groups in total. The lowest BCUT2D eigenvalue weighted by molar-refractivity contribution is -0.274. The number of halogens is 3. The van der Waals surface area contributed by atoms with Crippen molar-refractivity contribution in [1.29, 1.82) is 0 Å². The molecule has 0 saturated carbocycles. The smallest absolute Gasteiger partial charge is 0.495 e. The second-order valence-electron chi connectivity index (χ2n) is 6.66. The van der Waals surface area contributed by atoms with Crippen LogP contribution in [0.3, 0.4) is 0 Å². The van der Waals surface area contributed by atoms with Gasteiger partial charge < -0.3 is 25.4 Å². The molecule has 0 unspecified atom stereocenters. The van der Waals surface area contributed by atoms with Crippen molar-refractivity contribution in [2.45, 2.75) is 19.7 Å². The summed E-state index contributed by atoms with van der Waals surface area (Å²) in [6.07, 6.45) is -4.78. The molecule has 33 heavy (non-hydrogen) atoms. The molecule has 8 nitrogen and oxygen atoms in total. The summed E-state index contributed by atoms with van der Waals surface area (Å²) in [5.41, 5.74) is 1.90. The van der Waals surface area contributed by atoms with Crippen LogP contribution in [0.1, 0.15) is 12.6 Å². The minimum Gasteiger partial charge on any atom is -0.495 e. The first-order chi connectivity index (χ1) is 15.6. The Labute approximate surface area is 190 Å². The molecule has 2 amide bonds. The van der Waals surface area contributed by atoms with E-state index < -0.39 is 6.36 Å². The normalized spacial score (nSPS) is 10.9. The van der Waals surface area contributed by atoms with Crippen molar-refractivity contribution in [2.24, 2.45) is 0 Å². The van der Waals surface area contributed by atoms with Gasteiger partial charge in [0.25, 0.3) is 0 Å². The van der Waals surface area contributed by atoms with Gasteiger partial charge in [-0.15, -0.1) is 24.5 Å². The summed E-state index contributed by atoms with van der Waals surface area (Å²) in [6, 6.07) is 10.1. The summed E-state index contributed by atoms with van der Waals surface area (Å²) in [6.45, 7) is 1.38. The molecule has 0 aliphatic carbocycles. The number of alkyl halides is 3. The molecule has 3 rings (SSSR count). The van der Waals surface area contributed by atoms with Crippen LogP contribution in [0.25, 0.3) is 0 Å². The summed E-state index contributed by atoms with van der Waals surface area (Å²) in [5.74, 6) is -0.500. The number of carbonyl (C=O) groups is 2. The maximum atomic E-state index is 12.5. The predicted molar refractivity (Wildman–Crippen MR) is 118 cm³/mol. The number of carbonyl (C=O) groups excluding carboxylic acids is 2. The van der Waals surface area contributed by atoms with Crippen LogP contribution in [0.2, 0.25) is 0 Å². The van der Waals surface area contributed by atoms with E-state index in [1.165, 1.54) is 49.6 Å². The first kappa shape index (κ1) is 23.9. The van der Waals surface area contributed by atoms with Crippen molar-refractivity contribution in [3.05, 3.63) is 53.5 Å². The standard InChI is InChI=1S/C21H19F3N4O4S/c1-12(29)25-14-5-8-18(31-2)17(9-14)28-19(30)10-15-11-33-20(27-15)26-13-3-6-16(7-4-13)32-21(22,23)24/h3-9,11H,10H2,1-2H3,(H,25,29)(H,26,27)(H,28,30). The molecule has 0 bridgehead atoms. The zero-order valence-corrected chi connectivity index (χ0v) is 18.3. The van der Waals surface area contributed by atoms with Crippen molar-refractivity contribution in [2.75, 3.05) is 23.1 Å². The molecular weight excluding hydrogens is 461 g/mol. The fraction of sp³-hybridized carbons (Fsp3) is 0.190. The van der Waals surface area contributed by atoms with E-state index in [0.717, 1.165) is 0 Å². The molecule has 1 heterocycles. The van der Waals surface area contributed by atoms with Gasteiger partial charge in [-0.2, -0.15) is 0 Å². The highest BCUT2D eigenvalue weighted by Gasteiger charge is 2.30. The van der Waals surface area contributed by atoms with E-state index in [0.29, 0.717) is 33.6 Å². The van der Waals surface area contributed by atoms with Crippen LogP contribution < -0.4 is 25.4 Å². The number of amides is 2. The Balaban J connectivity index is 1.60. The molecule has 2 aromatic carbocycles. The van der Waals surface area contributed by atoms with Crippen molar-refractivity contribution in [1.82, 2.24) is 4.98 Å². The lowest BCUT2D eigenvalue weighted by Crippen LogP contribution is -2.17. The number of nitrogens with zero attached hydrogens (tertiary/aromatic N) is 1. The van der Waals surface area contributed by atoms with Gasteiger partial charge in [-0.3, -0.25) is 9.59 Å². The topological polar surface area (TPSA) is 102 Å². The van der Waals surface area contributed by atoms with Crippen LogP contribution in [0, 0.1) is 0 Å². The largest absolute Gasteiger partial charge is 0.573 e. The van der Waals surface area contributed by atoms with Gasteiger partial charge in [0.05, 0.1) is 24.9 Å². The lowest BCUT2D eigenvalue weighted by atomic mass is 10.2. The molecule has 0 saturated heterocycles. The summed E-state index contributed by atoms with van der Waals surface area (Å²) >= 11 is 1.24. The Kier molecular flexibility index (Phi) is 7.38. The number of aromatic nitrogens is 1. The molecule has 0 aliphatic rings. The van der Waals surface area contributed by atoms with Gasteiger partial charge in [-0.05, 0) is 42.5 Å². The minimum absolute atomic E-state index is 0.0238. The molecule has 0 atom stereocenters. The fourth-order valence-electron chi connectivity index (χ4n) is 2.75. The molecule has 0 aliphatic heterocycles. The molecule has 174 valence electrons. The second-order valence-corrected chi connectivity index (χ2v) is 7.52. The van der Waals surface area contributed by atoms with Crippen LogP contribution in [0.5, 0.6) is 11.5 Å². The molecule has 3 aromatic rings. The third-order valence-corrected chi connectivity index (χ3v) is 4.83. The highest BCUT2D eigenvalue weighted by atomic mass is 32.1. The Hall–Kier alpha value is -3.80. The number of benzene rings is 2. The molecular formula is C21H19F3N4O4S. The predicted octanol–water partition coefficient (Wildman–Crippen LogP) is 4.93. The molecule has 1 aromatic heterocycles. The van der Waals surface area contributed by atoms with Crippen molar-refractivity contribution in [3.8, 4) is 11.5 Å². The van der Waals surface area contributed by atoms with E-state index >= 15 is 0 Å². The van der Waals surface area contributed by atoms with Crippen molar-refractivity contribution >= 4 is 45.3 Å². The van der Waals surface area contributed by atoms with Gasteiger partial charge in [0.1, 0.15) is 11.5 Å². The maximum absolute atomic E-state index is 12.5. The van der Waals surface area contributed by atoms with Crippen LogP contribution in [-0.4, -0.2) is 30.3 Å². The highest BCUT2D eigenvalue weighted by molar-refractivity contribution is 7.13.